The molecule has 0 bridgehead atoms. The van der Waals surface area contributed by atoms with E-state index in [0.29, 0.717) is 6.54 Å². The average Bonchev–Trinajstić information content (AvgIpc) is 2.91. The smallest absolute Gasteiger partial charge is 0.234 e. The highest BCUT2D eigenvalue weighted by Gasteiger charge is 2.16. The topological polar surface area (TPSA) is 83.3 Å². The van der Waals surface area contributed by atoms with Crippen LogP contribution in [0, 0.1) is 6.92 Å². The fraction of sp³-hybridized carbons (Fsp3) is 0.500. The summed E-state index contributed by atoms with van der Waals surface area (Å²) in [5.74, 6) is 1.50. The second kappa shape index (κ2) is 8.73. The molecule has 1 aromatic carbocycles. The lowest BCUT2D eigenvalue weighted by Crippen LogP contribution is -2.38. The molecule has 0 aliphatic carbocycles. The van der Waals surface area contributed by atoms with Gasteiger partial charge in [0, 0.05) is 7.05 Å². The summed E-state index contributed by atoms with van der Waals surface area (Å²) in [4.78, 5) is 14.2. The Morgan fingerprint density at radius 3 is 2.52 bits per heavy atom. The first-order chi connectivity index (χ1) is 11.9. The van der Waals surface area contributed by atoms with Gasteiger partial charge in [-0.2, -0.15) is 0 Å². The minimum absolute atomic E-state index is 0.136. The number of aromatic nitrogens is 3. The first-order valence-electron chi connectivity index (χ1n) is 8.47. The molecule has 0 saturated carbocycles. The van der Waals surface area contributed by atoms with Gasteiger partial charge in [-0.1, -0.05) is 31.2 Å². The standard InChI is InChI=1S/C18H27N5O2/c1-5-14-6-8-15(9-7-14)16(12-24)19-18(25)11-22(3)10-17-21-20-13(2)23(17)4/h6-9,16,24H,5,10-12H2,1-4H3,(H,19,25). The van der Waals surface area contributed by atoms with Crippen molar-refractivity contribution >= 4 is 5.91 Å². The minimum Gasteiger partial charge on any atom is -0.394 e. The van der Waals surface area contributed by atoms with Crippen molar-refractivity contribution in [1.29, 1.82) is 0 Å². The third-order valence-corrected chi connectivity index (χ3v) is 4.32. The van der Waals surface area contributed by atoms with Crippen LogP contribution in [0.1, 0.15) is 35.7 Å². The van der Waals surface area contributed by atoms with Crippen LogP contribution < -0.4 is 5.32 Å². The Hall–Kier alpha value is -2.25. The molecule has 0 aliphatic heterocycles. The summed E-state index contributed by atoms with van der Waals surface area (Å²) in [6.45, 7) is 4.59. The van der Waals surface area contributed by atoms with Crippen molar-refractivity contribution < 1.29 is 9.90 Å². The number of aliphatic hydroxyl groups is 1. The quantitative estimate of drug-likeness (QED) is 0.745. The Morgan fingerprint density at radius 1 is 1.32 bits per heavy atom. The van der Waals surface area contributed by atoms with E-state index in [1.54, 1.807) is 0 Å². The van der Waals surface area contributed by atoms with Gasteiger partial charge in [0.1, 0.15) is 11.6 Å². The molecule has 2 N–H and O–H groups in total. The van der Waals surface area contributed by atoms with Crippen LogP contribution in [0.4, 0.5) is 0 Å². The van der Waals surface area contributed by atoms with Crippen LogP contribution in [0.3, 0.4) is 0 Å². The molecular weight excluding hydrogens is 318 g/mol. The molecule has 1 amide bonds. The second-order valence-corrected chi connectivity index (χ2v) is 6.29. The molecule has 1 atom stereocenters. The number of aryl methyl sites for hydroxylation is 2. The molecule has 0 spiro atoms. The van der Waals surface area contributed by atoms with Crippen molar-refractivity contribution in [1.82, 2.24) is 25.0 Å². The number of benzene rings is 1. The third-order valence-electron chi connectivity index (χ3n) is 4.32. The maximum Gasteiger partial charge on any atom is 0.234 e. The molecule has 7 heteroatoms. The monoisotopic (exact) mass is 345 g/mol. The van der Waals surface area contributed by atoms with E-state index in [0.717, 1.165) is 23.6 Å². The highest BCUT2D eigenvalue weighted by molar-refractivity contribution is 5.78. The van der Waals surface area contributed by atoms with E-state index < -0.39 is 6.04 Å². The molecule has 1 heterocycles. The van der Waals surface area contributed by atoms with Gasteiger partial charge in [-0.3, -0.25) is 9.69 Å². The van der Waals surface area contributed by atoms with Gasteiger partial charge in [0.25, 0.3) is 0 Å². The number of carbonyl (C=O) groups excluding carboxylic acids is 1. The molecule has 136 valence electrons. The van der Waals surface area contributed by atoms with Crippen molar-refractivity contribution in [3.8, 4) is 0 Å². The first-order valence-corrected chi connectivity index (χ1v) is 8.47. The maximum atomic E-state index is 12.3. The van der Waals surface area contributed by atoms with E-state index >= 15 is 0 Å². The number of aliphatic hydroxyl groups excluding tert-OH is 1. The third kappa shape index (κ3) is 5.11. The lowest BCUT2D eigenvalue weighted by Gasteiger charge is -2.20. The Kier molecular flexibility index (Phi) is 6.66. The Morgan fingerprint density at radius 2 is 2.00 bits per heavy atom. The second-order valence-electron chi connectivity index (χ2n) is 6.29. The Balaban J connectivity index is 1.91. The van der Waals surface area contributed by atoms with Gasteiger partial charge in [0.2, 0.25) is 5.91 Å². The zero-order valence-corrected chi connectivity index (χ0v) is 15.4. The average molecular weight is 345 g/mol. The number of nitrogens with one attached hydrogen (secondary N) is 1. The maximum absolute atomic E-state index is 12.3. The fourth-order valence-electron chi connectivity index (χ4n) is 2.59. The number of nitrogens with zero attached hydrogens (tertiary/aromatic N) is 4. The molecule has 2 rings (SSSR count). The summed E-state index contributed by atoms with van der Waals surface area (Å²) in [6, 6.07) is 7.54. The first kappa shape index (κ1) is 19.1. The van der Waals surface area contributed by atoms with Crippen molar-refractivity contribution in [2.24, 2.45) is 7.05 Å². The van der Waals surface area contributed by atoms with Crippen molar-refractivity contribution in [2.75, 3.05) is 20.2 Å². The molecule has 7 nitrogen and oxygen atoms in total. The highest BCUT2D eigenvalue weighted by atomic mass is 16.3. The van der Waals surface area contributed by atoms with Crippen LogP contribution in [0.15, 0.2) is 24.3 Å². The normalized spacial score (nSPS) is 12.4. The van der Waals surface area contributed by atoms with Gasteiger partial charge in [-0.05, 0) is 31.5 Å². The van der Waals surface area contributed by atoms with Gasteiger partial charge in [-0.15, -0.1) is 10.2 Å². The lowest BCUT2D eigenvalue weighted by atomic mass is 10.0. The van der Waals surface area contributed by atoms with Gasteiger partial charge in [-0.25, -0.2) is 0 Å². The zero-order chi connectivity index (χ0) is 18.4. The van der Waals surface area contributed by atoms with E-state index in [4.69, 9.17) is 0 Å². The number of carbonyl (C=O) groups is 1. The molecule has 0 radical (unpaired) electrons. The molecule has 0 fully saturated rings. The van der Waals surface area contributed by atoms with Crippen LogP contribution in [-0.4, -0.2) is 50.9 Å². The van der Waals surface area contributed by atoms with Crippen LogP contribution in [0.5, 0.6) is 0 Å². The molecule has 1 unspecified atom stereocenters. The molecule has 0 aliphatic rings. The van der Waals surface area contributed by atoms with E-state index in [2.05, 4.69) is 22.4 Å². The number of hydrogen-bond acceptors (Lipinski definition) is 5. The summed E-state index contributed by atoms with van der Waals surface area (Å²) in [5, 5.41) is 20.6. The number of rotatable bonds is 8. The van der Waals surface area contributed by atoms with Gasteiger partial charge in [0.05, 0.1) is 25.7 Å². The Bertz CT molecular complexity index is 696. The number of amides is 1. The van der Waals surface area contributed by atoms with Gasteiger partial charge < -0.3 is 15.0 Å². The Labute approximate surface area is 148 Å². The predicted octanol–water partition coefficient (Wildman–Crippen LogP) is 0.968. The summed E-state index contributed by atoms with van der Waals surface area (Å²) >= 11 is 0. The van der Waals surface area contributed by atoms with E-state index in [1.807, 2.05) is 54.8 Å². The van der Waals surface area contributed by atoms with Crippen LogP contribution in [-0.2, 0) is 24.8 Å². The minimum atomic E-state index is -0.399. The van der Waals surface area contributed by atoms with E-state index in [-0.39, 0.29) is 19.1 Å². The summed E-state index contributed by atoms with van der Waals surface area (Å²) in [5.41, 5.74) is 2.13. The summed E-state index contributed by atoms with van der Waals surface area (Å²) in [6.07, 6.45) is 0.961. The van der Waals surface area contributed by atoms with Gasteiger partial charge >= 0.3 is 0 Å². The van der Waals surface area contributed by atoms with Crippen LogP contribution in [0.25, 0.3) is 0 Å². The number of likely N-dealkylation sites (N-methyl/N-ethyl adjacent to an activating group) is 1. The van der Waals surface area contributed by atoms with Crippen molar-refractivity contribution in [3.05, 3.63) is 47.0 Å². The van der Waals surface area contributed by atoms with Crippen LogP contribution in [0.2, 0.25) is 0 Å². The summed E-state index contributed by atoms with van der Waals surface area (Å²) in [7, 11) is 3.76. The fourth-order valence-corrected chi connectivity index (χ4v) is 2.59. The lowest BCUT2D eigenvalue weighted by molar-refractivity contribution is -0.123. The molecule has 0 saturated heterocycles. The molecule has 1 aromatic heterocycles. The summed E-state index contributed by atoms with van der Waals surface area (Å²) < 4.78 is 1.90. The van der Waals surface area contributed by atoms with Gasteiger partial charge in [0.15, 0.2) is 0 Å². The van der Waals surface area contributed by atoms with E-state index in [1.165, 1.54) is 5.56 Å². The highest BCUT2D eigenvalue weighted by Crippen LogP contribution is 2.14. The van der Waals surface area contributed by atoms with Crippen molar-refractivity contribution in [2.45, 2.75) is 32.9 Å². The largest absolute Gasteiger partial charge is 0.394 e. The SMILES string of the molecule is CCc1ccc(C(CO)NC(=O)CN(C)Cc2nnc(C)n2C)cc1. The van der Waals surface area contributed by atoms with Crippen LogP contribution >= 0.6 is 0 Å². The van der Waals surface area contributed by atoms with E-state index in [9.17, 15) is 9.90 Å². The molecule has 2 aromatic rings. The molecule has 25 heavy (non-hydrogen) atoms. The zero-order valence-electron chi connectivity index (χ0n) is 15.4. The number of hydrogen-bond donors (Lipinski definition) is 2. The predicted molar refractivity (Wildman–Crippen MR) is 95.9 cm³/mol. The van der Waals surface area contributed by atoms with Crippen molar-refractivity contribution in [3.63, 3.8) is 0 Å². The molecular formula is C18H27N5O2.